The highest BCUT2D eigenvalue weighted by molar-refractivity contribution is 5.78. The summed E-state index contributed by atoms with van der Waals surface area (Å²) >= 11 is 0. The van der Waals surface area contributed by atoms with Gasteiger partial charge in [-0.2, -0.15) is 0 Å². The van der Waals surface area contributed by atoms with Gasteiger partial charge in [0.25, 0.3) is 0 Å². The maximum Gasteiger partial charge on any atom is 0.223 e. The maximum absolute atomic E-state index is 13.2. The van der Waals surface area contributed by atoms with Crippen molar-refractivity contribution in [1.82, 2.24) is 4.90 Å². The van der Waals surface area contributed by atoms with Crippen molar-refractivity contribution in [2.24, 2.45) is 5.92 Å². The molecule has 1 heterocycles. The summed E-state index contributed by atoms with van der Waals surface area (Å²) in [6.45, 7) is 3.09. The number of rotatable bonds is 8. The predicted octanol–water partition coefficient (Wildman–Crippen LogP) is 5.66. The Morgan fingerprint density at radius 3 is 1.87 bits per heavy atom. The minimum absolute atomic E-state index is 0.0989. The first-order valence-electron chi connectivity index (χ1n) is 11.3. The number of nitrogens with zero attached hydrogens (tertiary/aromatic N) is 1. The molecule has 1 aliphatic rings. The van der Waals surface area contributed by atoms with Gasteiger partial charge in [0, 0.05) is 32.0 Å². The summed E-state index contributed by atoms with van der Waals surface area (Å²) in [5.41, 5.74) is 3.61. The Labute approximate surface area is 185 Å². The molecular formula is C28H31NO2. The fourth-order valence-corrected chi connectivity index (χ4v) is 4.37. The number of carbonyl (C=O) groups is 1. The highest BCUT2D eigenvalue weighted by atomic mass is 16.5. The smallest absolute Gasteiger partial charge is 0.223 e. The van der Waals surface area contributed by atoms with Crippen LogP contribution in [0.4, 0.5) is 0 Å². The van der Waals surface area contributed by atoms with E-state index in [-0.39, 0.29) is 11.8 Å². The van der Waals surface area contributed by atoms with E-state index >= 15 is 0 Å². The molecule has 0 bridgehead atoms. The molecule has 0 aromatic heterocycles. The molecule has 160 valence electrons. The molecule has 3 heteroatoms. The molecule has 4 rings (SSSR count). The zero-order valence-electron chi connectivity index (χ0n) is 18.0. The van der Waals surface area contributed by atoms with Crippen molar-refractivity contribution in [3.63, 3.8) is 0 Å². The van der Waals surface area contributed by atoms with Crippen molar-refractivity contribution in [1.29, 1.82) is 0 Å². The van der Waals surface area contributed by atoms with Crippen molar-refractivity contribution in [3.8, 4) is 0 Å². The first-order chi connectivity index (χ1) is 15.3. The molecule has 0 radical (unpaired) electrons. The summed E-state index contributed by atoms with van der Waals surface area (Å²) in [5.74, 6) is 0.884. The van der Waals surface area contributed by atoms with E-state index in [9.17, 15) is 4.79 Å². The Kier molecular flexibility index (Phi) is 7.51. The van der Waals surface area contributed by atoms with Gasteiger partial charge < -0.3 is 9.64 Å². The molecule has 0 unspecified atom stereocenters. The number of ether oxygens (including phenoxy) is 1. The Morgan fingerprint density at radius 2 is 1.32 bits per heavy atom. The molecule has 0 aliphatic carbocycles. The zero-order chi connectivity index (χ0) is 21.3. The number of likely N-dealkylation sites (tertiary alicyclic amines) is 1. The number of piperidine rings is 1. The van der Waals surface area contributed by atoms with Gasteiger partial charge in [0.2, 0.25) is 5.91 Å². The number of hydrogen-bond donors (Lipinski definition) is 0. The first-order valence-corrected chi connectivity index (χ1v) is 11.3. The molecule has 1 fully saturated rings. The van der Waals surface area contributed by atoms with E-state index < -0.39 is 0 Å². The predicted molar refractivity (Wildman–Crippen MR) is 125 cm³/mol. The molecule has 1 aliphatic heterocycles. The van der Waals surface area contributed by atoms with Crippen LogP contribution in [0.2, 0.25) is 0 Å². The Hall–Kier alpha value is -2.91. The largest absolute Gasteiger partial charge is 0.376 e. The van der Waals surface area contributed by atoms with Crippen LogP contribution < -0.4 is 0 Å². The van der Waals surface area contributed by atoms with Crippen LogP contribution in [0.25, 0.3) is 0 Å². The lowest BCUT2D eigenvalue weighted by atomic mass is 9.87. The number of hydrogen-bond acceptors (Lipinski definition) is 2. The second-order valence-corrected chi connectivity index (χ2v) is 8.40. The van der Waals surface area contributed by atoms with Crippen molar-refractivity contribution < 1.29 is 9.53 Å². The van der Waals surface area contributed by atoms with Crippen LogP contribution in [0.3, 0.4) is 0 Å². The second-order valence-electron chi connectivity index (χ2n) is 8.40. The highest BCUT2D eigenvalue weighted by Gasteiger charge is 2.26. The van der Waals surface area contributed by atoms with Gasteiger partial charge in [0.05, 0.1) is 6.61 Å². The third kappa shape index (κ3) is 6.05. The van der Waals surface area contributed by atoms with Gasteiger partial charge in [-0.15, -0.1) is 0 Å². The SMILES string of the molecule is O=C(CC(c1ccccc1)c1ccccc1)N1CCC(COCc2ccccc2)CC1. The summed E-state index contributed by atoms with van der Waals surface area (Å²) in [7, 11) is 0. The van der Waals surface area contributed by atoms with Gasteiger partial charge in [-0.25, -0.2) is 0 Å². The van der Waals surface area contributed by atoms with Gasteiger partial charge in [-0.3, -0.25) is 4.79 Å². The quantitative estimate of drug-likeness (QED) is 0.477. The van der Waals surface area contributed by atoms with Crippen molar-refractivity contribution >= 4 is 5.91 Å². The van der Waals surface area contributed by atoms with E-state index in [2.05, 4.69) is 60.7 Å². The van der Waals surface area contributed by atoms with Gasteiger partial charge >= 0.3 is 0 Å². The first kappa shape index (κ1) is 21.3. The van der Waals surface area contributed by atoms with E-state index in [1.54, 1.807) is 0 Å². The van der Waals surface area contributed by atoms with Crippen LogP contribution in [-0.4, -0.2) is 30.5 Å². The molecule has 0 saturated carbocycles. The lowest BCUT2D eigenvalue weighted by molar-refractivity contribution is -0.133. The second kappa shape index (κ2) is 10.9. The van der Waals surface area contributed by atoms with Gasteiger partial charge in [-0.1, -0.05) is 91.0 Å². The van der Waals surface area contributed by atoms with Gasteiger partial charge in [-0.05, 0) is 35.4 Å². The van der Waals surface area contributed by atoms with E-state index in [0.717, 1.165) is 32.5 Å². The number of benzene rings is 3. The summed E-state index contributed by atoms with van der Waals surface area (Å²) in [6, 6.07) is 31.1. The fraction of sp³-hybridized carbons (Fsp3) is 0.321. The summed E-state index contributed by atoms with van der Waals surface area (Å²) in [4.78, 5) is 15.2. The van der Waals surface area contributed by atoms with Crippen LogP contribution in [0, 0.1) is 5.92 Å². The van der Waals surface area contributed by atoms with Crippen molar-refractivity contribution in [2.45, 2.75) is 31.8 Å². The normalized spacial score (nSPS) is 14.7. The highest BCUT2D eigenvalue weighted by Crippen LogP contribution is 2.29. The summed E-state index contributed by atoms with van der Waals surface area (Å²) in [5, 5.41) is 0. The fourth-order valence-electron chi connectivity index (χ4n) is 4.37. The monoisotopic (exact) mass is 413 g/mol. The Bertz CT molecular complexity index is 880. The van der Waals surface area contributed by atoms with Crippen LogP contribution in [-0.2, 0) is 16.1 Å². The summed E-state index contributed by atoms with van der Waals surface area (Å²) < 4.78 is 5.93. The van der Waals surface area contributed by atoms with Crippen LogP contribution in [0.1, 0.15) is 41.9 Å². The topological polar surface area (TPSA) is 29.5 Å². The Balaban J connectivity index is 1.29. The third-order valence-corrected chi connectivity index (χ3v) is 6.21. The van der Waals surface area contributed by atoms with Gasteiger partial charge in [0.1, 0.15) is 0 Å². The lowest BCUT2D eigenvalue weighted by Crippen LogP contribution is -2.40. The standard InChI is InChI=1S/C28H31NO2/c30-28(20-27(25-12-6-2-7-13-25)26-14-8-3-9-15-26)29-18-16-24(17-19-29)22-31-21-23-10-4-1-5-11-23/h1-15,24,27H,16-22H2. The molecule has 3 aromatic rings. The molecule has 0 spiro atoms. The van der Waals surface area contributed by atoms with Crippen LogP contribution >= 0.6 is 0 Å². The minimum atomic E-state index is 0.0989. The Morgan fingerprint density at radius 1 is 0.806 bits per heavy atom. The zero-order valence-corrected chi connectivity index (χ0v) is 18.0. The van der Waals surface area contributed by atoms with E-state index in [4.69, 9.17) is 4.74 Å². The lowest BCUT2D eigenvalue weighted by Gasteiger charge is -2.33. The van der Waals surface area contributed by atoms with E-state index in [0.29, 0.717) is 18.9 Å². The summed E-state index contributed by atoms with van der Waals surface area (Å²) in [6.07, 6.45) is 2.55. The van der Waals surface area contributed by atoms with Gasteiger partial charge in [0.15, 0.2) is 0 Å². The molecule has 0 atom stereocenters. The molecule has 0 N–H and O–H groups in total. The van der Waals surface area contributed by atoms with E-state index in [1.807, 2.05) is 35.2 Å². The minimum Gasteiger partial charge on any atom is -0.376 e. The van der Waals surface area contributed by atoms with Crippen molar-refractivity contribution in [3.05, 3.63) is 108 Å². The molecule has 1 saturated heterocycles. The van der Waals surface area contributed by atoms with Crippen molar-refractivity contribution in [2.75, 3.05) is 19.7 Å². The number of amides is 1. The average Bonchev–Trinajstić information content (AvgIpc) is 2.84. The van der Waals surface area contributed by atoms with Crippen LogP contribution in [0.5, 0.6) is 0 Å². The average molecular weight is 414 g/mol. The molecule has 3 nitrogen and oxygen atoms in total. The molecule has 31 heavy (non-hydrogen) atoms. The maximum atomic E-state index is 13.2. The molecular weight excluding hydrogens is 382 g/mol. The third-order valence-electron chi connectivity index (χ3n) is 6.21. The molecule has 3 aromatic carbocycles. The van der Waals surface area contributed by atoms with Crippen LogP contribution in [0.15, 0.2) is 91.0 Å². The number of carbonyl (C=O) groups excluding carboxylic acids is 1. The molecule has 1 amide bonds. The van der Waals surface area contributed by atoms with E-state index in [1.165, 1.54) is 16.7 Å².